The van der Waals surface area contributed by atoms with Crippen LogP contribution in [0.4, 0.5) is 0 Å². The molecule has 0 N–H and O–H groups in total. The van der Waals surface area contributed by atoms with Crippen LogP contribution in [0.3, 0.4) is 0 Å². The molecule has 0 bridgehead atoms. The summed E-state index contributed by atoms with van der Waals surface area (Å²) < 4.78 is 41.6. The number of rotatable bonds is 5. The molecular formula is C21H23N3O6S2. The molecule has 2 aromatic heterocycles. The van der Waals surface area contributed by atoms with Gasteiger partial charge in [-0.3, -0.25) is 9.36 Å². The summed E-state index contributed by atoms with van der Waals surface area (Å²) in [6.07, 6.45) is 1.53. The van der Waals surface area contributed by atoms with Crippen LogP contribution < -0.4 is 20.7 Å². The third-order valence-electron chi connectivity index (χ3n) is 5.64. The van der Waals surface area contributed by atoms with Crippen molar-refractivity contribution in [3.8, 4) is 11.5 Å². The van der Waals surface area contributed by atoms with E-state index in [4.69, 9.17) is 9.47 Å². The van der Waals surface area contributed by atoms with Gasteiger partial charge in [-0.05, 0) is 41.1 Å². The molecule has 1 aromatic carbocycles. The van der Waals surface area contributed by atoms with Gasteiger partial charge in [0, 0.05) is 31.7 Å². The van der Waals surface area contributed by atoms with Crippen molar-refractivity contribution in [2.45, 2.75) is 17.4 Å². The number of benzene rings is 1. The Bertz CT molecular complexity index is 1390. The lowest BCUT2D eigenvalue weighted by molar-refractivity contribution is 0.333. The van der Waals surface area contributed by atoms with Crippen LogP contribution in [0.1, 0.15) is 22.0 Å². The fourth-order valence-electron chi connectivity index (χ4n) is 4.00. The summed E-state index contributed by atoms with van der Waals surface area (Å²) in [7, 11) is 1.53. The van der Waals surface area contributed by atoms with Crippen LogP contribution in [0, 0.1) is 0 Å². The van der Waals surface area contributed by atoms with E-state index in [9.17, 15) is 18.0 Å². The minimum absolute atomic E-state index is 0.166. The molecule has 4 rings (SSSR count). The van der Waals surface area contributed by atoms with Crippen LogP contribution in [0.2, 0.25) is 0 Å². The topological polar surface area (TPSA) is 99.8 Å². The minimum atomic E-state index is -4.23. The molecule has 1 aliphatic heterocycles. The highest BCUT2D eigenvalue weighted by Crippen LogP contribution is 2.43. The summed E-state index contributed by atoms with van der Waals surface area (Å²) in [5.41, 5.74) is 0.267. The second-order valence-electron chi connectivity index (χ2n) is 7.44. The smallest absolute Gasteiger partial charge is 0.330 e. The van der Waals surface area contributed by atoms with Gasteiger partial charge in [-0.2, -0.15) is 4.31 Å². The first kappa shape index (κ1) is 22.3. The van der Waals surface area contributed by atoms with Crippen LogP contribution in [-0.2, 0) is 30.5 Å². The molecule has 9 nitrogen and oxygen atoms in total. The average Bonchev–Trinajstić information content (AvgIpc) is 3.32. The Morgan fingerprint density at radius 1 is 1.09 bits per heavy atom. The van der Waals surface area contributed by atoms with E-state index < -0.39 is 32.2 Å². The SMILES string of the molecule is COc1cc2c(cc1OC)[C@@H](c1cccs1)N(S(=O)(=O)c1cn(C)c(=O)n(C)c1=O)CC2. The molecule has 0 radical (unpaired) electrons. The van der Waals surface area contributed by atoms with Gasteiger partial charge in [0.2, 0.25) is 0 Å². The van der Waals surface area contributed by atoms with Crippen molar-refractivity contribution < 1.29 is 17.9 Å². The first-order valence-corrected chi connectivity index (χ1v) is 12.1. The van der Waals surface area contributed by atoms with Crippen LogP contribution in [-0.4, -0.2) is 42.6 Å². The van der Waals surface area contributed by atoms with Gasteiger partial charge in [0.25, 0.3) is 15.6 Å². The number of aryl methyl sites for hydroxylation is 1. The second kappa shape index (κ2) is 8.23. The van der Waals surface area contributed by atoms with Crippen molar-refractivity contribution >= 4 is 21.4 Å². The molecule has 32 heavy (non-hydrogen) atoms. The number of fused-ring (bicyclic) bond motifs is 1. The van der Waals surface area contributed by atoms with Crippen LogP contribution >= 0.6 is 11.3 Å². The molecule has 3 aromatic rings. The van der Waals surface area contributed by atoms with Crippen LogP contribution in [0.5, 0.6) is 11.5 Å². The van der Waals surface area contributed by atoms with Gasteiger partial charge in [0.05, 0.1) is 20.3 Å². The van der Waals surface area contributed by atoms with Crippen LogP contribution in [0.15, 0.2) is 50.3 Å². The zero-order valence-electron chi connectivity index (χ0n) is 18.1. The number of hydrogen-bond acceptors (Lipinski definition) is 7. The molecule has 0 saturated carbocycles. The number of nitrogens with zero attached hydrogens (tertiary/aromatic N) is 3. The van der Waals surface area contributed by atoms with Gasteiger partial charge in [-0.25, -0.2) is 13.2 Å². The summed E-state index contributed by atoms with van der Waals surface area (Å²) in [5.74, 6) is 1.06. The van der Waals surface area contributed by atoms with Crippen molar-refractivity contribution in [3.05, 3.63) is 72.7 Å². The van der Waals surface area contributed by atoms with E-state index in [0.29, 0.717) is 17.9 Å². The third kappa shape index (κ3) is 3.46. The molecule has 0 spiro atoms. The number of hydrogen-bond donors (Lipinski definition) is 0. The lowest BCUT2D eigenvalue weighted by atomic mass is 9.92. The van der Waals surface area contributed by atoms with E-state index in [-0.39, 0.29) is 6.54 Å². The molecule has 1 aliphatic rings. The molecule has 11 heteroatoms. The Morgan fingerprint density at radius 2 is 1.78 bits per heavy atom. The van der Waals surface area contributed by atoms with Crippen molar-refractivity contribution in [3.63, 3.8) is 0 Å². The van der Waals surface area contributed by atoms with E-state index in [2.05, 4.69) is 0 Å². The summed E-state index contributed by atoms with van der Waals surface area (Å²) in [6.45, 7) is 0.166. The number of methoxy groups -OCH3 is 2. The van der Waals surface area contributed by atoms with Gasteiger partial charge in [-0.15, -0.1) is 11.3 Å². The molecule has 0 saturated heterocycles. The number of aromatic nitrogens is 2. The Labute approximate surface area is 189 Å². The van der Waals surface area contributed by atoms with Crippen molar-refractivity contribution in [2.24, 2.45) is 14.1 Å². The lowest BCUT2D eigenvalue weighted by Gasteiger charge is -2.36. The van der Waals surface area contributed by atoms with E-state index in [1.807, 2.05) is 23.6 Å². The summed E-state index contributed by atoms with van der Waals surface area (Å²) in [5, 5.41) is 1.88. The average molecular weight is 478 g/mol. The lowest BCUT2D eigenvalue weighted by Crippen LogP contribution is -2.45. The largest absolute Gasteiger partial charge is 0.493 e. The molecule has 0 aliphatic carbocycles. The zero-order valence-corrected chi connectivity index (χ0v) is 19.7. The summed E-state index contributed by atoms with van der Waals surface area (Å²) >= 11 is 1.43. The third-order valence-corrected chi connectivity index (χ3v) is 8.42. The fourth-order valence-corrected chi connectivity index (χ4v) is 6.66. The molecule has 0 fully saturated rings. The molecular weight excluding hydrogens is 454 g/mol. The van der Waals surface area contributed by atoms with E-state index in [1.54, 1.807) is 13.2 Å². The standard InChI is InChI=1S/C21H23N3O6S2/c1-22-12-18(20(25)23(2)21(22)26)32(27,28)24-8-7-13-10-15(29-3)16(30-4)11-14(13)19(24)17-6-5-9-31-17/h5-6,9-12,19H,7-8H2,1-4H3/t19-/m0/s1. The molecule has 0 unspecified atom stereocenters. The first-order chi connectivity index (χ1) is 15.2. The van der Waals surface area contributed by atoms with Gasteiger partial charge >= 0.3 is 5.69 Å². The van der Waals surface area contributed by atoms with E-state index in [1.165, 1.54) is 36.8 Å². The van der Waals surface area contributed by atoms with Gasteiger partial charge in [-0.1, -0.05) is 6.07 Å². The maximum atomic E-state index is 13.8. The predicted octanol–water partition coefficient (Wildman–Crippen LogP) is 1.50. The molecule has 0 amide bonds. The number of ether oxygens (including phenoxy) is 2. The second-order valence-corrected chi connectivity index (χ2v) is 10.3. The highest BCUT2D eigenvalue weighted by Gasteiger charge is 2.40. The van der Waals surface area contributed by atoms with Crippen molar-refractivity contribution in [2.75, 3.05) is 20.8 Å². The highest BCUT2D eigenvalue weighted by molar-refractivity contribution is 7.89. The maximum absolute atomic E-state index is 13.8. The molecule has 1 atom stereocenters. The normalized spacial score (nSPS) is 16.6. The van der Waals surface area contributed by atoms with E-state index in [0.717, 1.165) is 31.3 Å². The van der Waals surface area contributed by atoms with Crippen molar-refractivity contribution in [1.29, 1.82) is 0 Å². The summed E-state index contributed by atoms with van der Waals surface area (Å²) in [4.78, 5) is 25.2. The zero-order chi connectivity index (χ0) is 23.2. The first-order valence-electron chi connectivity index (χ1n) is 9.77. The summed E-state index contributed by atoms with van der Waals surface area (Å²) in [6, 6.07) is 6.72. The Kier molecular flexibility index (Phi) is 5.74. The Hall–Kier alpha value is -2.89. The van der Waals surface area contributed by atoms with Crippen molar-refractivity contribution in [1.82, 2.24) is 13.4 Å². The fraction of sp³-hybridized carbons (Fsp3) is 0.333. The Morgan fingerprint density at radius 3 is 2.41 bits per heavy atom. The predicted molar refractivity (Wildman–Crippen MR) is 120 cm³/mol. The monoisotopic (exact) mass is 477 g/mol. The van der Waals surface area contributed by atoms with Gasteiger partial charge < -0.3 is 14.0 Å². The number of thiophene rings is 1. The quantitative estimate of drug-likeness (QED) is 0.552. The maximum Gasteiger partial charge on any atom is 0.330 e. The van der Waals surface area contributed by atoms with E-state index >= 15 is 0 Å². The van der Waals surface area contributed by atoms with Crippen LogP contribution in [0.25, 0.3) is 0 Å². The Balaban J connectivity index is 1.94. The minimum Gasteiger partial charge on any atom is -0.493 e. The van der Waals surface area contributed by atoms with Gasteiger partial charge in [0.1, 0.15) is 0 Å². The molecule has 3 heterocycles. The highest BCUT2D eigenvalue weighted by atomic mass is 32.2. The molecule has 170 valence electrons. The van der Waals surface area contributed by atoms with Gasteiger partial charge in [0.15, 0.2) is 16.4 Å². The number of sulfonamides is 1.